The summed E-state index contributed by atoms with van der Waals surface area (Å²) in [7, 11) is 0. The molecular formula is C19H30N2. The lowest BCUT2D eigenvalue weighted by Crippen LogP contribution is -2.64. The largest absolute Gasteiger partial charge is 0.310 e. The summed E-state index contributed by atoms with van der Waals surface area (Å²) in [4.78, 5) is 2.83. The Kier molecular flexibility index (Phi) is 4.37. The summed E-state index contributed by atoms with van der Waals surface area (Å²) < 4.78 is 0. The molecule has 0 spiro atoms. The van der Waals surface area contributed by atoms with Crippen molar-refractivity contribution in [1.82, 2.24) is 10.2 Å². The minimum atomic E-state index is 0.141. The first kappa shape index (κ1) is 15.1. The van der Waals surface area contributed by atoms with E-state index in [-0.39, 0.29) is 5.54 Å². The molecule has 21 heavy (non-hydrogen) atoms. The SMILES string of the molecule is CC(C)C1CN(C2CCCC2)C(C)(c2ccccc2)CN1. The second-order valence-electron chi connectivity index (χ2n) is 7.46. The zero-order valence-corrected chi connectivity index (χ0v) is 13.8. The van der Waals surface area contributed by atoms with Crippen LogP contribution in [-0.2, 0) is 5.54 Å². The van der Waals surface area contributed by atoms with Crippen LogP contribution in [0.2, 0.25) is 0 Å². The van der Waals surface area contributed by atoms with Crippen LogP contribution in [0.1, 0.15) is 52.0 Å². The van der Waals surface area contributed by atoms with E-state index in [2.05, 4.69) is 61.3 Å². The van der Waals surface area contributed by atoms with E-state index in [9.17, 15) is 0 Å². The topological polar surface area (TPSA) is 15.3 Å². The molecule has 116 valence electrons. The number of benzene rings is 1. The number of nitrogens with zero attached hydrogens (tertiary/aromatic N) is 1. The van der Waals surface area contributed by atoms with Crippen molar-refractivity contribution in [1.29, 1.82) is 0 Å². The second-order valence-corrected chi connectivity index (χ2v) is 7.46. The van der Waals surface area contributed by atoms with E-state index in [4.69, 9.17) is 0 Å². The first-order valence-corrected chi connectivity index (χ1v) is 8.67. The fourth-order valence-electron chi connectivity index (χ4n) is 4.19. The lowest BCUT2D eigenvalue weighted by Gasteiger charge is -2.52. The molecule has 3 rings (SSSR count). The smallest absolute Gasteiger partial charge is 0.0560 e. The van der Waals surface area contributed by atoms with Gasteiger partial charge in [-0.25, -0.2) is 0 Å². The monoisotopic (exact) mass is 286 g/mol. The standard InChI is InChI=1S/C19H30N2/c1-15(2)18-13-21(17-11-7-8-12-17)19(3,14-20-18)16-9-5-4-6-10-16/h4-6,9-10,15,17-18,20H,7-8,11-14H2,1-3H3. The molecule has 0 aromatic heterocycles. The Hall–Kier alpha value is -0.860. The number of nitrogens with one attached hydrogen (secondary N) is 1. The van der Waals surface area contributed by atoms with Gasteiger partial charge in [0.05, 0.1) is 5.54 Å². The van der Waals surface area contributed by atoms with Crippen LogP contribution in [0.4, 0.5) is 0 Å². The predicted octanol–water partition coefficient (Wildman–Crippen LogP) is 3.77. The lowest BCUT2D eigenvalue weighted by atomic mass is 9.83. The molecule has 2 aliphatic rings. The molecule has 1 saturated carbocycles. The molecule has 2 fully saturated rings. The van der Waals surface area contributed by atoms with Crippen molar-refractivity contribution in [2.24, 2.45) is 5.92 Å². The fraction of sp³-hybridized carbons (Fsp3) is 0.684. The average molecular weight is 286 g/mol. The molecule has 0 amide bonds. The Morgan fingerprint density at radius 3 is 2.43 bits per heavy atom. The van der Waals surface area contributed by atoms with Crippen molar-refractivity contribution >= 4 is 0 Å². The number of piperazine rings is 1. The molecule has 2 unspecified atom stereocenters. The highest BCUT2D eigenvalue weighted by atomic mass is 15.3. The van der Waals surface area contributed by atoms with Gasteiger partial charge in [-0.3, -0.25) is 4.90 Å². The Morgan fingerprint density at radius 1 is 1.14 bits per heavy atom. The van der Waals surface area contributed by atoms with Gasteiger partial charge >= 0.3 is 0 Å². The van der Waals surface area contributed by atoms with Crippen LogP contribution in [-0.4, -0.2) is 30.1 Å². The Bertz CT molecular complexity index is 450. The lowest BCUT2D eigenvalue weighted by molar-refractivity contribution is 0.00328. The third kappa shape index (κ3) is 2.89. The van der Waals surface area contributed by atoms with Crippen molar-refractivity contribution < 1.29 is 0 Å². The first-order chi connectivity index (χ1) is 10.1. The number of hydrogen-bond acceptors (Lipinski definition) is 2. The molecule has 1 aromatic carbocycles. The van der Waals surface area contributed by atoms with Gasteiger partial charge in [0.2, 0.25) is 0 Å². The highest BCUT2D eigenvalue weighted by Crippen LogP contribution is 2.37. The van der Waals surface area contributed by atoms with E-state index in [0.717, 1.165) is 12.6 Å². The van der Waals surface area contributed by atoms with Crippen molar-refractivity contribution in [3.63, 3.8) is 0 Å². The Balaban J connectivity index is 1.90. The van der Waals surface area contributed by atoms with Gasteiger partial charge in [0, 0.05) is 25.2 Å². The molecule has 1 aliphatic carbocycles. The van der Waals surface area contributed by atoms with E-state index in [1.54, 1.807) is 0 Å². The van der Waals surface area contributed by atoms with Gasteiger partial charge in [-0.05, 0) is 31.2 Å². The van der Waals surface area contributed by atoms with E-state index >= 15 is 0 Å². The van der Waals surface area contributed by atoms with Crippen LogP contribution < -0.4 is 5.32 Å². The summed E-state index contributed by atoms with van der Waals surface area (Å²) in [5.74, 6) is 0.703. The summed E-state index contributed by atoms with van der Waals surface area (Å²) >= 11 is 0. The van der Waals surface area contributed by atoms with Crippen LogP contribution >= 0.6 is 0 Å². The summed E-state index contributed by atoms with van der Waals surface area (Å²) in [6.45, 7) is 9.37. The average Bonchev–Trinajstić information content (AvgIpc) is 3.02. The summed E-state index contributed by atoms with van der Waals surface area (Å²) in [6, 6.07) is 12.5. The van der Waals surface area contributed by atoms with Crippen molar-refractivity contribution in [2.45, 2.75) is 64.1 Å². The summed E-state index contributed by atoms with van der Waals surface area (Å²) in [5.41, 5.74) is 1.60. The molecule has 2 atom stereocenters. The molecule has 1 saturated heterocycles. The van der Waals surface area contributed by atoms with Gasteiger partial charge < -0.3 is 5.32 Å². The van der Waals surface area contributed by atoms with Crippen LogP contribution in [0.15, 0.2) is 30.3 Å². The zero-order valence-electron chi connectivity index (χ0n) is 13.8. The minimum Gasteiger partial charge on any atom is -0.310 e. The van der Waals surface area contributed by atoms with Gasteiger partial charge in [0.25, 0.3) is 0 Å². The van der Waals surface area contributed by atoms with E-state index in [1.807, 2.05) is 0 Å². The molecule has 1 N–H and O–H groups in total. The van der Waals surface area contributed by atoms with Gasteiger partial charge in [0.15, 0.2) is 0 Å². The molecular weight excluding hydrogens is 256 g/mol. The maximum atomic E-state index is 3.82. The molecule has 1 heterocycles. The first-order valence-electron chi connectivity index (χ1n) is 8.67. The van der Waals surface area contributed by atoms with Crippen LogP contribution in [0.5, 0.6) is 0 Å². The summed E-state index contributed by atoms with van der Waals surface area (Å²) in [6.07, 6.45) is 5.58. The Morgan fingerprint density at radius 2 is 1.81 bits per heavy atom. The molecule has 2 nitrogen and oxygen atoms in total. The Labute approximate surface area is 129 Å². The maximum absolute atomic E-state index is 3.82. The van der Waals surface area contributed by atoms with E-state index in [0.29, 0.717) is 12.0 Å². The fourth-order valence-corrected chi connectivity index (χ4v) is 4.19. The normalized spacial score (nSPS) is 31.9. The second kappa shape index (κ2) is 6.10. The summed E-state index contributed by atoms with van der Waals surface area (Å²) in [5, 5.41) is 3.82. The van der Waals surface area contributed by atoms with Crippen molar-refractivity contribution in [3.8, 4) is 0 Å². The molecule has 2 heteroatoms. The minimum absolute atomic E-state index is 0.141. The van der Waals surface area contributed by atoms with Crippen LogP contribution in [0, 0.1) is 5.92 Å². The maximum Gasteiger partial charge on any atom is 0.0560 e. The van der Waals surface area contributed by atoms with Gasteiger partial charge in [-0.1, -0.05) is 57.0 Å². The van der Waals surface area contributed by atoms with Crippen LogP contribution in [0.3, 0.4) is 0 Å². The number of hydrogen-bond donors (Lipinski definition) is 1. The molecule has 1 aliphatic heterocycles. The quantitative estimate of drug-likeness (QED) is 0.910. The van der Waals surface area contributed by atoms with E-state index < -0.39 is 0 Å². The zero-order chi connectivity index (χ0) is 14.9. The molecule has 0 radical (unpaired) electrons. The highest BCUT2D eigenvalue weighted by molar-refractivity contribution is 5.26. The highest BCUT2D eigenvalue weighted by Gasteiger charge is 2.43. The number of rotatable bonds is 3. The third-order valence-corrected chi connectivity index (χ3v) is 5.70. The third-order valence-electron chi connectivity index (χ3n) is 5.70. The van der Waals surface area contributed by atoms with Gasteiger partial charge in [-0.2, -0.15) is 0 Å². The molecule has 0 bridgehead atoms. The van der Waals surface area contributed by atoms with Gasteiger partial charge in [0.1, 0.15) is 0 Å². The van der Waals surface area contributed by atoms with Gasteiger partial charge in [-0.15, -0.1) is 0 Å². The van der Waals surface area contributed by atoms with Crippen molar-refractivity contribution in [2.75, 3.05) is 13.1 Å². The van der Waals surface area contributed by atoms with Crippen molar-refractivity contribution in [3.05, 3.63) is 35.9 Å². The predicted molar refractivity (Wildman–Crippen MR) is 89.4 cm³/mol. The molecule has 1 aromatic rings. The van der Waals surface area contributed by atoms with E-state index in [1.165, 1.54) is 37.8 Å². The van der Waals surface area contributed by atoms with Crippen LogP contribution in [0.25, 0.3) is 0 Å².